The van der Waals surface area contributed by atoms with E-state index < -0.39 is 23.8 Å². The second-order valence-electron chi connectivity index (χ2n) is 9.44. The lowest BCUT2D eigenvalue weighted by Crippen LogP contribution is -2.47. The Morgan fingerprint density at radius 2 is 1.83 bits per heavy atom. The van der Waals surface area contributed by atoms with Crippen molar-refractivity contribution in [2.24, 2.45) is 0 Å². The molecule has 2 atom stereocenters. The summed E-state index contributed by atoms with van der Waals surface area (Å²) in [5, 5.41) is 9.87. The van der Waals surface area contributed by atoms with E-state index in [9.17, 15) is 23.5 Å². The number of amides is 2. The van der Waals surface area contributed by atoms with E-state index in [1.165, 1.54) is 29.3 Å². The van der Waals surface area contributed by atoms with Gasteiger partial charge in [-0.25, -0.2) is 13.8 Å². The van der Waals surface area contributed by atoms with Gasteiger partial charge in [-0.3, -0.25) is 9.59 Å². The summed E-state index contributed by atoms with van der Waals surface area (Å²) in [6.45, 7) is 2.25. The standard InChI is InChI=1S/C25H27ClF2N4O4/c26-16-12-20(28)23(29-13-16)30-7-3-17(4-8-30)32-10-6-22(25(32)35)36-21-2-1-15(11-19(21)27)24(34)31-9-5-18(33)14-31/h1-2,11-13,17-18,22,33H,3-10,14H2/t18-,22+/m1/s1. The Morgan fingerprint density at radius 3 is 2.50 bits per heavy atom. The van der Waals surface area contributed by atoms with Gasteiger partial charge in [0.15, 0.2) is 29.3 Å². The Hall–Kier alpha value is -2.98. The lowest BCUT2D eigenvalue weighted by molar-refractivity contribution is -0.135. The molecule has 0 radical (unpaired) electrons. The number of anilines is 1. The Bertz CT molecular complexity index is 1160. The van der Waals surface area contributed by atoms with E-state index in [-0.39, 0.29) is 46.6 Å². The van der Waals surface area contributed by atoms with E-state index in [0.717, 1.165) is 6.07 Å². The number of ether oxygens (including phenoxy) is 1. The van der Waals surface area contributed by atoms with Gasteiger partial charge < -0.3 is 24.5 Å². The van der Waals surface area contributed by atoms with Crippen molar-refractivity contribution >= 4 is 29.2 Å². The molecule has 0 spiro atoms. The number of benzene rings is 1. The summed E-state index contributed by atoms with van der Waals surface area (Å²) in [6, 6.07) is 5.18. The van der Waals surface area contributed by atoms with Gasteiger partial charge in [0.25, 0.3) is 11.8 Å². The van der Waals surface area contributed by atoms with Gasteiger partial charge in [0.05, 0.1) is 11.1 Å². The van der Waals surface area contributed by atoms with E-state index >= 15 is 0 Å². The normalized spacial score (nSPS) is 23.0. The minimum atomic E-state index is -0.803. The van der Waals surface area contributed by atoms with Crippen molar-refractivity contribution in [2.45, 2.75) is 43.9 Å². The molecule has 8 nitrogen and oxygen atoms in total. The molecule has 5 rings (SSSR count). The van der Waals surface area contributed by atoms with Gasteiger partial charge in [0.1, 0.15) is 0 Å². The number of halogens is 3. The molecule has 36 heavy (non-hydrogen) atoms. The molecule has 3 saturated heterocycles. The largest absolute Gasteiger partial charge is 0.477 e. The highest BCUT2D eigenvalue weighted by Crippen LogP contribution is 2.29. The Labute approximate surface area is 212 Å². The number of aliphatic hydroxyl groups is 1. The molecule has 0 bridgehead atoms. The predicted octanol–water partition coefficient (Wildman–Crippen LogP) is 2.87. The molecule has 1 N–H and O–H groups in total. The number of β-amino-alcohol motifs (C(OH)–C–C–N with tert-alkyl or cyclic N) is 1. The number of aliphatic hydroxyl groups excluding tert-OH is 1. The van der Waals surface area contributed by atoms with Crippen molar-refractivity contribution in [1.29, 1.82) is 0 Å². The summed E-state index contributed by atoms with van der Waals surface area (Å²) in [7, 11) is 0. The molecule has 2 amide bonds. The van der Waals surface area contributed by atoms with Gasteiger partial charge in [-0.05, 0) is 43.5 Å². The average Bonchev–Trinajstić information content (AvgIpc) is 3.45. The van der Waals surface area contributed by atoms with Crippen molar-refractivity contribution < 1.29 is 28.2 Å². The fraction of sp³-hybridized carbons (Fsp3) is 0.480. The first-order valence-corrected chi connectivity index (χ1v) is 12.5. The van der Waals surface area contributed by atoms with Crippen LogP contribution in [0.25, 0.3) is 0 Å². The van der Waals surface area contributed by atoms with Gasteiger partial charge in [-0.1, -0.05) is 11.6 Å². The van der Waals surface area contributed by atoms with Crippen molar-refractivity contribution in [3.63, 3.8) is 0 Å². The fourth-order valence-electron chi connectivity index (χ4n) is 5.17. The number of hydrogen-bond acceptors (Lipinski definition) is 6. The minimum absolute atomic E-state index is 0.0154. The first-order valence-electron chi connectivity index (χ1n) is 12.1. The Kier molecular flexibility index (Phi) is 6.98. The van der Waals surface area contributed by atoms with Crippen molar-refractivity contribution in [3.05, 3.63) is 52.7 Å². The minimum Gasteiger partial charge on any atom is -0.477 e. The highest BCUT2D eigenvalue weighted by Gasteiger charge is 2.39. The number of aromatic nitrogens is 1. The third-order valence-electron chi connectivity index (χ3n) is 7.08. The maximum absolute atomic E-state index is 14.7. The van der Waals surface area contributed by atoms with Crippen LogP contribution in [-0.4, -0.2) is 82.7 Å². The van der Waals surface area contributed by atoms with Crippen molar-refractivity contribution in [2.75, 3.05) is 37.6 Å². The molecule has 3 fully saturated rings. The summed E-state index contributed by atoms with van der Waals surface area (Å²) in [4.78, 5) is 34.8. The summed E-state index contributed by atoms with van der Waals surface area (Å²) in [5.41, 5.74) is 0.173. The van der Waals surface area contributed by atoms with Gasteiger partial charge in [0.2, 0.25) is 0 Å². The lowest BCUT2D eigenvalue weighted by Gasteiger charge is -2.37. The summed E-state index contributed by atoms with van der Waals surface area (Å²) in [6.07, 6.45) is 2.29. The highest BCUT2D eigenvalue weighted by molar-refractivity contribution is 6.30. The second-order valence-corrected chi connectivity index (χ2v) is 9.88. The van der Waals surface area contributed by atoms with Gasteiger partial charge in [-0.2, -0.15) is 0 Å². The van der Waals surface area contributed by atoms with Crippen LogP contribution in [0.2, 0.25) is 5.02 Å². The van der Waals surface area contributed by atoms with Crippen molar-refractivity contribution in [1.82, 2.24) is 14.8 Å². The molecule has 0 aliphatic carbocycles. The quantitative estimate of drug-likeness (QED) is 0.652. The number of carbonyl (C=O) groups excluding carboxylic acids is 2. The molecule has 1 aromatic carbocycles. The van der Waals surface area contributed by atoms with E-state index in [1.54, 1.807) is 4.90 Å². The number of nitrogens with zero attached hydrogens (tertiary/aromatic N) is 4. The fourth-order valence-corrected chi connectivity index (χ4v) is 5.31. The Morgan fingerprint density at radius 1 is 1.06 bits per heavy atom. The third-order valence-corrected chi connectivity index (χ3v) is 7.29. The van der Waals surface area contributed by atoms with Crippen LogP contribution < -0.4 is 9.64 Å². The second kappa shape index (κ2) is 10.2. The molecule has 2 aromatic rings. The molecule has 1 aromatic heterocycles. The summed E-state index contributed by atoms with van der Waals surface area (Å²) < 4.78 is 34.7. The maximum Gasteiger partial charge on any atom is 0.263 e. The number of pyridine rings is 1. The molecule has 11 heteroatoms. The molecule has 3 aliphatic heterocycles. The molecule has 4 heterocycles. The van der Waals surface area contributed by atoms with Crippen molar-refractivity contribution in [3.8, 4) is 5.75 Å². The van der Waals surface area contributed by atoms with E-state index in [1.807, 2.05) is 4.90 Å². The van der Waals surface area contributed by atoms with Crippen LogP contribution in [-0.2, 0) is 4.79 Å². The summed E-state index contributed by atoms with van der Waals surface area (Å²) in [5.74, 6) is -1.55. The Balaban J connectivity index is 1.17. The topological polar surface area (TPSA) is 86.2 Å². The van der Waals surface area contributed by atoms with Gasteiger partial charge >= 0.3 is 0 Å². The zero-order valence-electron chi connectivity index (χ0n) is 19.6. The number of piperidine rings is 1. The first-order chi connectivity index (χ1) is 17.3. The number of likely N-dealkylation sites (tertiary alicyclic amines) is 2. The first kappa shape index (κ1) is 24.7. The molecule has 0 saturated carbocycles. The van der Waals surface area contributed by atoms with Gasteiger partial charge in [0, 0.05) is 56.9 Å². The van der Waals surface area contributed by atoms with Crippen LogP contribution in [0.15, 0.2) is 30.5 Å². The molecular weight excluding hydrogens is 494 g/mol. The van der Waals surface area contributed by atoms with Crippen LogP contribution in [0.4, 0.5) is 14.6 Å². The molecule has 0 unspecified atom stereocenters. The molecular formula is C25H27ClF2N4O4. The monoisotopic (exact) mass is 520 g/mol. The maximum atomic E-state index is 14.7. The average molecular weight is 521 g/mol. The SMILES string of the molecule is O=C(c1ccc(O[C@H]2CCN(C3CCN(c4ncc(Cl)cc4F)CC3)C2=O)c(F)c1)N1CC[C@@H](O)C1. The summed E-state index contributed by atoms with van der Waals surface area (Å²) >= 11 is 5.79. The third kappa shape index (κ3) is 4.97. The zero-order chi connectivity index (χ0) is 25.4. The number of hydrogen-bond donors (Lipinski definition) is 1. The van der Waals surface area contributed by atoms with Crippen LogP contribution in [0.1, 0.15) is 36.0 Å². The van der Waals surface area contributed by atoms with E-state index in [2.05, 4.69) is 4.98 Å². The smallest absolute Gasteiger partial charge is 0.263 e. The molecule has 3 aliphatic rings. The van der Waals surface area contributed by atoms with Gasteiger partial charge in [-0.15, -0.1) is 0 Å². The highest BCUT2D eigenvalue weighted by atomic mass is 35.5. The number of rotatable bonds is 5. The molecule has 192 valence electrons. The van der Waals surface area contributed by atoms with Crippen LogP contribution in [0, 0.1) is 11.6 Å². The van der Waals surface area contributed by atoms with E-state index in [0.29, 0.717) is 51.9 Å². The van der Waals surface area contributed by atoms with Crippen LogP contribution >= 0.6 is 11.6 Å². The lowest BCUT2D eigenvalue weighted by atomic mass is 10.0. The van der Waals surface area contributed by atoms with Crippen LogP contribution in [0.5, 0.6) is 5.75 Å². The predicted molar refractivity (Wildman–Crippen MR) is 128 cm³/mol. The number of carbonyl (C=O) groups is 2. The zero-order valence-corrected chi connectivity index (χ0v) is 20.3. The van der Waals surface area contributed by atoms with Crippen LogP contribution in [0.3, 0.4) is 0 Å². The van der Waals surface area contributed by atoms with E-state index in [4.69, 9.17) is 16.3 Å².